The zero-order valence-corrected chi connectivity index (χ0v) is 11.7. The molecule has 0 saturated carbocycles. The van der Waals surface area contributed by atoms with Crippen LogP contribution in [0.2, 0.25) is 0 Å². The summed E-state index contributed by atoms with van der Waals surface area (Å²) < 4.78 is 5.77. The van der Waals surface area contributed by atoms with Gasteiger partial charge in [0.2, 0.25) is 0 Å². The molecule has 1 heterocycles. The van der Waals surface area contributed by atoms with E-state index in [1.165, 1.54) is 70.9 Å². The molecule has 0 radical (unpaired) electrons. The third kappa shape index (κ3) is 8.62. The van der Waals surface area contributed by atoms with Crippen LogP contribution >= 0.6 is 0 Å². The van der Waals surface area contributed by atoms with Crippen molar-refractivity contribution in [3.63, 3.8) is 0 Å². The Morgan fingerprint density at radius 2 is 1.59 bits per heavy atom. The van der Waals surface area contributed by atoms with Crippen LogP contribution in [0.25, 0.3) is 0 Å². The summed E-state index contributed by atoms with van der Waals surface area (Å²) in [6, 6.07) is 0. The van der Waals surface area contributed by atoms with Crippen molar-refractivity contribution in [2.24, 2.45) is 5.92 Å². The SMILES string of the molecule is CCCCCCCCCOCC1CCNCC1. The monoisotopic (exact) mass is 241 g/mol. The molecule has 17 heavy (non-hydrogen) atoms. The molecular formula is C15H31NO. The van der Waals surface area contributed by atoms with Gasteiger partial charge in [0, 0.05) is 13.2 Å². The predicted molar refractivity (Wildman–Crippen MR) is 74.4 cm³/mol. The van der Waals surface area contributed by atoms with Crippen molar-refractivity contribution in [2.75, 3.05) is 26.3 Å². The Morgan fingerprint density at radius 1 is 0.941 bits per heavy atom. The molecule has 0 spiro atoms. The van der Waals surface area contributed by atoms with Gasteiger partial charge in [-0.05, 0) is 38.3 Å². The maximum absolute atomic E-state index is 5.77. The largest absolute Gasteiger partial charge is 0.381 e. The molecule has 0 aromatic carbocycles. The normalized spacial score (nSPS) is 17.5. The van der Waals surface area contributed by atoms with Gasteiger partial charge in [0.25, 0.3) is 0 Å². The zero-order chi connectivity index (χ0) is 12.2. The van der Waals surface area contributed by atoms with E-state index in [1.807, 2.05) is 0 Å². The second-order valence-electron chi connectivity index (χ2n) is 5.39. The molecule has 1 rings (SSSR count). The van der Waals surface area contributed by atoms with Crippen LogP contribution in [-0.2, 0) is 4.74 Å². The molecule has 1 aliphatic rings. The van der Waals surface area contributed by atoms with E-state index in [4.69, 9.17) is 4.74 Å². The standard InChI is InChI=1S/C15H31NO/c1-2-3-4-5-6-7-8-13-17-14-15-9-11-16-12-10-15/h15-16H,2-14H2,1H3. The lowest BCUT2D eigenvalue weighted by Crippen LogP contribution is -2.30. The van der Waals surface area contributed by atoms with Crippen LogP contribution in [-0.4, -0.2) is 26.3 Å². The van der Waals surface area contributed by atoms with Gasteiger partial charge in [-0.3, -0.25) is 0 Å². The van der Waals surface area contributed by atoms with Gasteiger partial charge in [-0.25, -0.2) is 0 Å². The molecule has 0 unspecified atom stereocenters. The molecule has 0 amide bonds. The average molecular weight is 241 g/mol. The van der Waals surface area contributed by atoms with Gasteiger partial charge in [0.05, 0.1) is 0 Å². The lowest BCUT2D eigenvalue weighted by molar-refractivity contribution is 0.0849. The highest BCUT2D eigenvalue weighted by molar-refractivity contribution is 4.67. The van der Waals surface area contributed by atoms with Crippen molar-refractivity contribution in [3.8, 4) is 0 Å². The van der Waals surface area contributed by atoms with Crippen LogP contribution in [0.5, 0.6) is 0 Å². The minimum atomic E-state index is 0.820. The van der Waals surface area contributed by atoms with E-state index < -0.39 is 0 Å². The van der Waals surface area contributed by atoms with E-state index >= 15 is 0 Å². The van der Waals surface area contributed by atoms with Crippen molar-refractivity contribution < 1.29 is 4.74 Å². The maximum Gasteiger partial charge on any atom is 0.0495 e. The Bertz CT molecular complexity index is 155. The second-order valence-corrected chi connectivity index (χ2v) is 5.39. The van der Waals surface area contributed by atoms with E-state index in [-0.39, 0.29) is 0 Å². The number of ether oxygens (including phenoxy) is 1. The Morgan fingerprint density at radius 3 is 2.29 bits per heavy atom. The molecule has 0 atom stereocenters. The van der Waals surface area contributed by atoms with Crippen molar-refractivity contribution in [1.29, 1.82) is 0 Å². The van der Waals surface area contributed by atoms with Crippen molar-refractivity contribution in [2.45, 2.75) is 64.7 Å². The molecular weight excluding hydrogens is 210 g/mol. The van der Waals surface area contributed by atoms with E-state index in [0.29, 0.717) is 0 Å². The van der Waals surface area contributed by atoms with Crippen molar-refractivity contribution in [3.05, 3.63) is 0 Å². The van der Waals surface area contributed by atoms with Gasteiger partial charge in [-0.15, -0.1) is 0 Å². The number of unbranched alkanes of at least 4 members (excludes halogenated alkanes) is 6. The first kappa shape index (κ1) is 15.0. The molecule has 1 fully saturated rings. The topological polar surface area (TPSA) is 21.3 Å². The lowest BCUT2D eigenvalue weighted by Gasteiger charge is -2.22. The molecule has 0 aliphatic carbocycles. The molecule has 0 aromatic heterocycles. The summed E-state index contributed by atoms with van der Waals surface area (Å²) in [5, 5.41) is 3.39. The molecule has 0 bridgehead atoms. The summed E-state index contributed by atoms with van der Waals surface area (Å²) in [5.74, 6) is 0.820. The molecule has 2 heteroatoms. The van der Waals surface area contributed by atoms with Gasteiger partial charge >= 0.3 is 0 Å². The van der Waals surface area contributed by atoms with Crippen LogP contribution < -0.4 is 5.32 Å². The summed E-state index contributed by atoms with van der Waals surface area (Å²) in [6.07, 6.45) is 12.2. The fourth-order valence-electron chi connectivity index (χ4n) is 2.46. The van der Waals surface area contributed by atoms with E-state index in [1.54, 1.807) is 0 Å². The Hall–Kier alpha value is -0.0800. The first-order chi connectivity index (χ1) is 8.43. The Labute approximate surface area is 108 Å². The minimum absolute atomic E-state index is 0.820. The predicted octanol–water partition coefficient (Wildman–Crippen LogP) is 3.75. The summed E-state index contributed by atoms with van der Waals surface area (Å²) in [6.45, 7) is 6.63. The van der Waals surface area contributed by atoms with Gasteiger partial charge in [0.15, 0.2) is 0 Å². The molecule has 1 aliphatic heterocycles. The van der Waals surface area contributed by atoms with E-state index in [0.717, 1.165) is 19.1 Å². The number of rotatable bonds is 10. The number of piperidine rings is 1. The third-order valence-corrected chi connectivity index (χ3v) is 3.70. The quantitative estimate of drug-likeness (QED) is 0.588. The molecule has 1 N–H and O–H groups in total. The second kappa shape index (κ2) is 11.0. The van der Waals surface area contributed by atoms with Crippen LogP contribution in [0, 0.1) is 5.92 Å². The average Bonchev–Trinajstić information content (AvgIpc) is 2.38. The first-order valence-corrected chi connectivity index (χ1v) is 7.72. The molecule has 1 saturated heterocycles. The number of nitrogens with one attached hydrogen (secondary N) is 1. The highest BCUT2D eigenvalue weighted by Gasteiger charge is 2.12. The fraction of sp³-hybridized carbons (Fsp3) is 1.00. The number of hydrogen-bond acceptors (Lipinski definition) is 2. The summed E-state index contributed by atoms with van der Waals surface area (Å²) in [5.41, 5.74) is 0. The van der Waals surface area contributed by atoms with Gasteiger partial charge < -0.3 is 10.1 Å². The Kier molecular flexibility index (Phi) is 9.72. The van der Waals surface area contributed by atoms with Crippen LogP contribution in [0.3, 0.4) is 0 Å². The van der Waals surface area contributed by atoms with Gasteiger partial charge in [-0.1, -0.05) is 45.4 Å². The van der Waals surface area contributed by atoms with E-state index in [9.17, 15) is 0 Å². The van der Waals surface area contributed by atoms with Gasteiger partial charge in [-0.2, -0.15) is 0 Å². The Balaban J connectivity index is 1.75. The highest BCUT2D eigenvalue weighted by Crippen LogP contribution is 2.12. The van der Waals surface area contributed by atoms with E-state index in [2.05, 4.69) is 12.2 Å². The lowest BCUT2D eigenvalue weighted by atomic mass is 9.99. The third-order valence-electron chi connectivity index (χ3n) is 3.70. The summed E-state index contributed by atoms with van der Waals surface area (Å²) in [4.78, 5) is 0. The highest BCUT2D eigenvalue weighted by atomic mass is 16.5. The molecule has 2 nitrogen and oxygen atoms in total. The summed E-state index contributed by atoms with van der Waals surface area (Å²) >= 11 is 0. The molecule has 0 aromatic rings. The maximum atomic E-state index is 5.77. The van der Waals surface area contributed by atoms with Crippen molar-refractivity contribution in [1.82, 2.24) is 5.32 Å². The fourth-order valence-corrected chi connectivity index (χ4v) is 2.46. The molecule has 102 valence electrons. The first-order valence-electron chi connectivity index (χ1n) is 7.72. The minimum Gasteiger partial charge on any atom is -0.381 e. The zero-order valence-electron chi connectivity index (χ0n) is 11.7. The van der Waals surface area contributed by atoms with Crippen LogP contribution in [0.4, 0.5) is 0 Å². The van der Waals surface area contributed by atoms with Crippen LogP contribution in [0.1, 0.15) is 64.7 Å². The van der Waals surface area contributed by atoms with Gasteiger partial charge in [0.1, 0.15) is 0 Å². The smallest absolute Gasteiger partial charge is 0.0495 e. The van der Waals surface area contributed by atoms with Crippen molar-refractivity contribution >= 4 is 0 Å². The van der Waals surface area contributed by atoms with Crippen LogP contribution in [0.15, 0.2) is 0 Å². The number of hydrogen-bond donors (Lipinski definition) is 1. The summed E-state index contributed by atoms with van der Waals surface area (Å²) in [7, 11) is 0.